The zero-order chi connectivity index (χ0) is 18.5. The summed E-state index contributed by atoms with van der Waals surface area (Å²) in [5.74, 6) is 1.55. The second kappa shape index (κ2) is 7.87. The Morgan fingerprint density at radius 2 is 2.23 bits per heavy atom. The lowest BCUT2D eigenvalue weighted by atomic mass is 10.1. The van der Waals surface area contributed by atoms with Crippen LogP contribution >= 0.6 is 0 Å². The molecule has 0 atom stereocenters. The molecule has 0 unspecified atom stereocenters. The molecule has 6 heteroatoms. The van der Waals surface area contributed by atoms with Crippen LogP contribution in [0.5, 0.6) is 5.75 Å². The number of ether oxygens (including phenoxy) is 1. The molecule has 2 heterocycles. The molecule has 1 aromatic carbocycles. The van der Waals surface area contributed by atoms with E-state index in [-0.39, 0.29) is 0 Å². The van der Waals surface area contributed by atoms with E-state index in [1.807, 2.05) is 42.9 Å². The van der Waals surface area contributed by atoms with Crippen molar-refractivity contribution in [1.82, 2.24) is 9.78 Å². The highest BCUT2D eigenvalue weighted by molar-refractivity contribution is 6.11. The Balaban J connectivity index is 2.00. The lowest BCUT2D eigenvalue weighted by Crippen LogP contribution is -2.21. The summed E-state index contributed by atoms with van der Waals surface area (Å²) in [7, 11) is 1.96. The van der Waals surface area contributed by atoms with E-state index in [9.17, 15) is 0 Å². The van der Waals surface area contributed by atoms with Crippen LogP contribution in [0.3, 0.4) is 0 Å². The van der Waals surface area contributed by atoms with Crippen molar-refractivity contribution in [2.45, 2.75) is 33.2 Å². The second-order valence-corrected chi connectivity index (χ2v) is 6.08. The molecule has 0 amide bonds. The van der Waals surface area contributed by atoms with E-state index < -0.39 is 0 Å². The number of hydrogen-bond donors (Lipinski definition) is 1. The van der Waals surface area contributed by atoms with E-state index in [0.29, 0.717) is 13.2 Å². The van der Waals surface area contributed by atoms with Gasteiger partial charge in [0.2, 0.25) is 0 Å². The van der Waals surface area contributed by atoms with Gasteiger partial charge in [0.05, 0.1) is 41.9 Å². The molecule has 0 saturated carbocycles. The van der Waals surface area contributed by atoms with E-state index in [2.05, 4.69) is 17.3 Å². The minimum Gasteiger partial charge on any atom is -0.493 e. The minimum absolute atomic E-state index is 0.576. The highest BCUT2D eigenvalue weighted by Crippen LogP contribution is 2.30. The zero-order valence-electron chi connectivity index (χ0n) is 15.4. The fourth-order valence-corrected chi connectivity index (χ4v) is 3.07. The van der Waals surface area contributed by atoms with Crippen LogP contribution in [0.15, 0.2) is 29.3 Å². The molecule has 2 aromatic rings. The molecule has 3 rings (SSSR count). The number of aromatic nitrogens is 2. The average Bonchev–Trinajstić information content (AvgIpc) is 2.96. The average molecular weight is 349 g/mol. The number of rotatable bonds is 6. The van der Waals surface area contributed by atoms with Crippen molar-refractivity contribution in [2.75, 3.05) is 11.9 Å². The number of fused-ring (bicyclic) bond motifs is 1. The Bertz CT molecular complexity index is 902. The Morgan fingerprint density at radius 1 is 1.38 bits per heavy atom. The van der Waals surface area contributed by atoms with Crippen LogP contribution in [-0.4, -0.2) is 22.2 Å². The van der Waals surface area contributed by atoms with Crippen molar-refractivity contribution in [3.8, 4) is 11.8 Å². The van der Waals surface area contributed by atoms with E-state index in [1.54, 1.807) is 6.08 Å². The Hall–Kier alpha value is -3.07. The number of nitrogens with zero attached hydrogens (tertiary/aromatic N) is 4. The number of aryl methyl sites for hydroxylation is 2. The van der Waals surface area contributed by atoms with E-state index >= 15 is 0 Å². The Labute approximate surface area is 153 Å². The Morgan fingerprint density at radius 3 is 2.96 bits per heavy atom. The second-order valence-electron chi connectivity index (χ2n) is 6.08. The van der Waals surface area contributed by atoms with Crippen molar-refractivity contribution in [2.24, 2.45) is 12.0 Å². The van der Waals surface area contributed by atoms with Crippen molar-refractivity contribution < 1.29 is 4.74 Å². The molecule has 134 valence electrons. The van der Waals surface area contributed by atoms with Gasteiger partial charge in [0.15, 0.2) is 0 Å². The van der Waals surface area contributed by atoms with Crippen LogP contribution in [-0.2, 0) is 20.0 Å². The van der Waals surface area contributed by atoms with Crippen LogP contribution in [0.25, 0.3) is 6.08 Å². The topological polar surface area (TPSA) is 75.2 Å². The first-order chi connectivity index (χ1) is 12.7. The normalized spacial score (nSPS) is 13.1. The fourth-order valence-electron chi connectivity index (χ4n) is 3.07. The molecule has 1 aromatic heterocycles. The SMILES string of the molecule is CCCc1nn(C)c2c1NC(c1cc(/C=C/C#N)ccc1OCC)=NC2. The molecule has 0 fully saturated rings. The quantitative estimate of drug-likeness (QED) is 0.807. The predicted molar refractivity (Wildman–Crippen MR) is 103 cm³/mol. The third kappa shape index (κ3) is 3.47. The maximum absolute atomic E-state index is 8.77. The van der Waals surface area contributed by atoms with Crippen LogP contribution < -0.4 is 10.1 Å². The number of nitriles is 1. The maximum Gasteiger partial charge on any atom is 0.137 e. The van der Waals surface area contributed by atoms with Crippen LogP contribution in [0, 0.1) is 11.3 Å². The number of nitrogens with one attached hydrogen (secondary N) is 1. The fraction of sp³-hybridized carbons (Fsp3) is 0.350. The summed E-state index contributed by atoms with van der Waals surface area (Å²) >= 11 is 0. The van der Waals surface area contributed by atoms with Gasteiger partial charge in [0.1, 0.15) is 11.6 Å². The standard InChI is InChI=1S/C20H23N5O/c1-4-7-16-19-17(25(3)24-16)13-22-20(23-19)15-12-14(8-6-11-21)9-10-18(15)26-5-2/h6,8-10,12H,4-5,7,13H2,1-3H3,(H,22,23)/b8-6+. The van der Waals surface area contributed by atoms with E-state index in [0.717, 1.165) is 52.6 Å². The molecule has 0 spiro atoms. The zero-order valence-corrected chi connectivity index (χ0v) is 15.4. The van der Waals surface area contributed by atoms with Gasteiger partial charge < -0.3 is 10.1 Å². The van der Waals surface area contributed by atoms with Crippen LogP contribution in [0.4, 0.5) is 5.69 Å². The van der Waals surface area contributed by atoms with Gasteiger partial charge in [-0.1, -0.05) is 19.4 Å². The summed E-state index contributed by atoms with van der Waals surface area (Å²) in [6, 6.07) is 7.87. The number of aliphatic imine (C=N–C) groups is 1. The van der Waals surface area contributed by atoms with Gasteiger partial charge in [-0.3, -0.25) is 9.67 Å². The van der Waals surface area contributed by atoms with Gasteiger partial charge in [0, 0.05) is 13.1 Å². The highest BCUT2D eigenvalue weighted by atomic mass is 16.5. The summed E-state index contributed by atoms with van der Waals surface area (Å²) in [6.07, 6.45) is 5.21. The first-order valence-electron chi connectivity index (χ1n) is 8.87. The molecule has 0 aliphatic carbocycles. The molecule has 1 aliphatic heterocycles. The van der Waals surface area contributed by atoms with Gasteiger partial charge in [0.25, 0.3) is 0 Å². The van der Waals surface area contributed by atoms with Crippen molar-refractivity contribution in [3.63, 3.8) is 0 Å². The van der Waals surface area contributed by atoms with Gasteiger partial charge >= 0.3 is 0 Å². The van der Waals surface area contributed by atoms with Crippen molar-refractivity contribution in [1.29, 1.82) is 5.26 Å². The molecule has 26 heavy (non-hydrogen) atoms. The van der Waals surface area contributed by atoms with E-state index in [4.69, 9.17) is 15.0 Å². The number of benzene rings is 1. The van der Waals surface area contributed by atoms with Gasteiger partial charge in [-0.15, -0.1) is 0 Å². The third-order valence-corrected chi connectivity index (χ3v) is 4.26. The lowest BCUT2D eigenvalue weighted by molar-refractivity contribution is 0.339. The summed E-state index contributed by atoms with van der Waals surface area (Å²) in [5.41, 5.74) is 5.04. The summed E-state index contributed by atoms with van der Waals surface area (Å²) in [4.78, 5) is 4.72. The van der Waals surface area contributed by atoms with Crippen LogP contribution in [0.2, 0.25) is 0 Å². The smallest absolute Gasteiger partial charge is 0.137 e. The molecule has 0 bridgehead atoms. The summed E-state index contributed by atoms with van der Waals surface area (Å²) in [6.45, 7) is 5.26. The lowest BCUT2D eigenvalue weighted by Gasteiger charge is -2.19. The Kier molecular flexibility index (Phi) is 5.37. The maximum atomic E-state index is 8.77. The minimum atomic E-state index is 0.576. The number of anilines is 1. The first kappa shape index (κ1) is 17.7. The number of allylic oxidation sites excluding steroid dienone is 1. The third-order valence-electron chi connectivity index (χ3n) is 4.26. The van der Waals surface area contributed by atoms with Crippen molar-refractivity contribution >= 4 is 17.6 Å². The molecule has 1 aliphatic rings. The van der Waals surface area contributed by atoms with Crippen molar-refractivity contribution in [3.05, 3.63) is 46.8 Å². The molecule has 6 nitrogen and oxygen atoms in total. The molecule has 0 radical (unpaired) electrons. The molecular formula is C20H23N5O. The highest BCUT2D eigenvalue weighted by Gasteiger charge is 2.23. The number of amidine groups is 1. The first-order valence-corrected chi connectivity index (χ1v) is 8.87. The van der Waals surface area contributed by atoms with Crippen LogP contribution in [0.1, 0.15) is 42.8 Å². The van der Waals surface area contributed by atoms with Gasteiger partial charge in [-0.2, -0.15) is 10.4 Å². The predicted octanol–water partition coefficient (Wildman–Crippen LogP) is 3.68. The summed E-state index contributed by atoms with van der Waals surface area (Å²) in [5, 5.41) is 16.9. The summed E-state index contributed by atoms with van der Waals surface area (Å²) < 4.78 is 7.70. The monoisotopic (exact) mass is 349 g/mol. The van der Waals surface area contributed by atoms with Gasteiger partial charge in [-0.25, -0.2) is 0 Å². The number of hydrogen-bond acceptors (Lipinski definition) is 5. The van der Waals surface area contributed by atoms with Gasteiger partial charge in [-0.05, 0) is 37.1 Å². The molecule has 0 saturated heterocycles. The molecular weight excluding hydrogens is 326 g/mol. The van der Waals surface area contributed by atoms with E-state index in [1.165, 1.54) is 6.08 Å². The molecule has 1 N–H and O–H groups in total. The largest absolute Gasteiger partial charge is 0.493 e.